The molecule has 0 aliphatic carbocycles. The second-order valence-corrected chi connectivity index (χ2v) is 4.74. The molecule has 0 unspecified atom stereocenters. The lowest BCUT2D eigenvalue weighted by molar-refractivity contribution is 0.413. The van der Waals surface area contributed by atoms with Crippen LogP contribution in [0, 0.1) is 6.92 Å². The fourth-order valence-electron chi connectivity index (χ4n) is 1.65. The van der Waals surface area contributed by atoms with Crippen LogP contribution in [0.15, 0.2) is 24.5 Å². The minimum atomic E-state index is 0.624. The Balaban J connectivity index is 2.22. The first kappa shape index (κ1) is 11.0. The highest BCUT2D eigenvalue weighted by atomic mass is 32.1. The molecule has 6 heteroatoms. The van der Waals surface area contributed by atoms with Crippen molar-refractivity contribution in [2.75, 3.05) is 7.11 Å². The molecule has 3 heterocycles. The van der Waals surface area contributed by atoms with Crippen LogP contribution in [0.1, 0.15) is 5.69 Å². The Hall–Kier alpha value is -2.08. The molecule has 0 saturated heterocycles. The second kappa shape index (κ2) is 4.30. The minimum Gasteiger partial charge on any atom is -0.473 e. The fraction of sp³-hybridized carbons (Fsp3) is 0.167. The van der Waals surface area contributed by atoms with Gasteiger partial charge in [0, 0.05) is 11.8 Å². The lowest BCUT2D eigenvalue weighted by atomic mass is 10.2. The number of rotatable bonds is 2. The molecule has 0 fully saturated rings. The van der Waals surface area contributed by atoms with Gasteiger partial charge in [0.25, 0.3) is 5.19 Å². The summed E-state index contributed by atoms with van der Waals surface area (Å²) >= 11 is 1.48. The maximum Gasteiger partial charge on any atom is 0.274 e. The topological polar surface area (TPSA) is 60.8 Å². The van der Waals surface area contributed by atoms with Gasteiger partial charge in [-0.05, 0) is 19.1 Å². The van der Waals surface area contributed by atoms with Crippen molar-refractivity contribution < 1.29 is 4.74 Å². The van der Waals surface area contributed by atoms with Crippen LogP contribution >= 0.6 is 11.3 Å². The molecule has 0 aromatic carbocycles. The number of aromatic nitrogens is 4. The maximum absolute atomic E-state index is 5.15. The zero-order valence-corrected chi connectivity index (χ0v) is 10.7. The van der Waals surface area contributed by atoms with Gasteiger partial charge in [-0.3, -0.25) is 4.98 Å². The minimum absolute atomic E-state index is 0.624. The summed E-state index contributed by atoms with van der Waals surface area (Å²) in [7, 11) is 1.61. The zero-order valence-electron chi connectivity index (χ0n) is 9.91. The summed E-state index contributed by atoms with van der Waals surface area (Å²) in [5.74, 6) is 0. The molecule has 0 spiro atoms. The molecule has 0 amide bonds. The lowest BCUT2D eigenvalue weighted by Crippen LogP contribution is -1.90. The first-order chi connectivity index (χ1) is 8.78. The Morgan fingerprint density at radius 3 is 2.78 bits per heavy atom. The van der Waals surface area contributed by atoms with E-state index < -0.39 is 0 Å². The summed E-state index contributed by atoms with van der Waals surface area (Å²) < 4.78 is 6.17. The van der Waals surface area contributed by atoms with E-state index in [0.717, 1.165) is 27.2 Å². The molecular formula is C12H10N4OS. The van der Waals surface area contributed by atoms with Crippen LogP contribution < -0.4 is 4.74 Å². The third-order valence-electron chi connectivity index (χ3n) is 2.53. The van der Waals surface area contributed by atoms with E-state index in [0.29, 0.717) is 5.19 Å². The first-order valence-electron chi connectivity index (χ1n) is 5.37. The van der Waals surface area contributed by atoms with Gasteiger partial charge in [0.2, 0.25) is 0 Å². The molecule has 0 aliphatic rings. The van der Waals surface area contributed by atoms with E-state index in [-0.39, 0.29) is 0 Å². The number of fused-ring (bicyclic) bond motifs is 1. The predicted octanol–water partition coefficient (Wildman–Crippen LogP) is 2.47. The SMILES string of the molecule is COc1nc2cncc(-c3ccc(C)nn3)c2s1. The molecule has 90 valence electrons. The van der Waals surface area contributed by atoms with Gasteiger partial charge in [-0.2, -0.15) is 10.2 Å². The number of methoxy groups -OCH3 is 1. The van der Waals surface area contributed by atoms with Crippen LogP contribution in [0.3, 0.4) is 0 Å². The highest BCUT2D eigenvalue weighted by molar-refractivity contribution is 7.20. The van der Waals surface area contributed by atoms with Gasteiger partial charge in [-0.1, -0.05) is 11.3 Å². The molecule has 0 atom stereocenters. The van der Waals surface area contributed by atoms with Crippen LogP contribution in [0.25, 0.3) is 21.5 Å². The van der Waals surface area contributed by atoms with Gasteiger partial charge in [0.15, 0.2) is 0 Å². The molecular weight excluding hydrogens is 248 g/mol. The quantitative estimate of drug-likeness (QED) is 0.706. The summed E-state index contributed by atoms with van der Waals surface area (Å²) in [4.78, 5) is 8.50. The average molecular weight is 258 g/mol. The molecule has 0 aliphatic heterocycles. The molecule has 18 heavy (non-hydrogen) atoms. The van der Waals surface area contributed by atoms with Gasteiger partial charge in [-0.25, -0.2) is 4.98 Å². The van der Waals surface area contributed by atoms with Crippen LogP contribution in [0.4, 0.5) is 0 Å². The second-order valence-electron chi connectivity index (χ2n) is 3.78. The summed E-state index contributed by atoms with van der Waals surface area (Å²) in [6, 6.07) is 3.87. The van der Waals surface area contributed by atoms with Gasteiger partial charge in [0.05, 0.1) is 29.4 Å². The van der Waals surface area contributed by atoms with E-state index in [9.17, 15) is 0 Å². The van der Waals surface area contributed by atoms with E-state index in [1.165, 1.54) is 11.3 Å². The first-order valence-corrected chi connectivity index (χ1v) is 6.19. The molecule has 3 rings (SSSR count). The molecule has 0 N–H and O–H groups in total. The van der Waals surface area contributed by atoms with E-state index in [2.05, 4.69) is 20.2 Å². The normalized spacial score (nSPS) is 10.8. The average Bonchev–Trinajstić information content (AvgIpc) is 2.82. The van der Waals surface area contributed by atoms with Crippen molar-refractivity contribution in [2.45, 2.75) is 6.92 Å². The van der Waals surface area contributed by atoms with Crippen molar-refractivity contribution in [1.82, 2.24) is 20.2 Å². The lowest BCUT2D eigenvalue weighted by Gasteiger charge is -2.00. The molecule has 5 nitrogen and oxygen atoms in total. The number of hydrogen-bond acceptors (Lipinski definition) is 6. The van der Waals surface area contributed by atoms with Gasteiger partial charge < -0.3 is 4.74 Å². The third-order valence-corrected chi connectivity index (χ3v) is 3.59. The van der Waals surface area contributed by atoms with Gasteiger partial charge in [-0.15, -0.1) is 0 Å². The number of hydrogen-bond donors (Lipinski definition) is 0. The van der Waals surface area contributed by atoms with E-state index in [1.807, 2.05) is 19.1 Å². The van der Waals surface area contributed by atoms with Crippen molar-refractivity contribution in [3.05, 3.63) is 30.2 Å². The zero-order chi connectivity index (χ0) is 12.5. The molecule has 0 bridgehead atoms. The molecule has 3 aromatic heterocycles. The Bertz CT molecular complexity index is 693. The van der Waals surface area contributed by atoms with Crippen LogP contribution in [-0.2, 0) is 0 Å². The van der Waals surface area contributed by atoms with Crippen LogP contribution in [0.5, 0.6) is 5.19 Å². The summed E-state index contributed by atoms with van der Waals surface area (Å²) in [5.41, 5.74) is 3.43. The third kappa shape index (κ3) is 1.80. The predicted molar refractivity (Wildman–Crippen MR) is 69.7 cm³/mol. The van der Waals surface area contributed by atoms with E-state index >= 15 is 0 Å². The number of thiazole rings is 1. The van der Waals surface area contributed by atoms with E-state index in [1.54, 1.807) is 19.5 Å². The molecule has 0 radical (unpaired) electrons. The fourth-order valence-corrected chi connectivity index (χ4v) is 2.52. The molecule has 3 aromatic rings. The Morgan fingerprint density at radius 2 is 2.06 bits per heavy atom. The monoisotopic (exact) mass is 258 g/mol. The standard InChI is InChI=1S/C12H10N4OS/c1-7-3-4-9(16-15-7)8-5-13-6-10-11(8)18-12(14-10)17-2/h3-6H,1-2H3. The van der Waals surface area contributed by atoms with Crippen molar-refractivity contribution in [3.63, 3.8) is 0 Å². The van der Waals surface area contributed by atoms with Crippen LogP contribution in [-0.4, -0.2) is 27.3 Å². The summed E-state index contributed by atoms with van der Waals surface area (Å²) in [5, 5.41) is 8.87. The largest absolute Gasteiger partial charge is 0.473 e. The Kier molecular flexibility index (Phi) is 2.64. The Morgan fingerprint density at radius 1 is 1.17 bits per heavy atom. The van der Waals surface area contributed by atoms with Crippen molar-refractivity contribution in [1.29, 1.82) is 0 Å². The van der Waals surface area contributed by atoms with Crippen LogP contribution in [0.2, 0.25) is 0 Å². The van der Waals surface area contributed by atoms with Gasteiger partial charge >= 0.3 is 0 Å². The highest BCUT2D eigenvalue weighted by Crippen LogP contribution is 2.34. The number of pyridine rings is 1. The smallest absolute Gasteiger partial charge is 0.274 e. The summed E-state index contributed by atoms with van der Waals surface area (Å²) in [6.45, 7) is 1.91. The van der Waals surface area contributed by atoms with Crippen molar-refractivity contribution in [3.8, 4) is 16.5 Å². The molecule has 0 saturated carbocycles. The van der Waals surface area contributed by atoms with Crippen molar-refractivity contribution in [2.24, 2.45) is 0 Å². The van der Waals surface area contributed by atoms with Gasteiger partial charge in [0.1, 0.15) is 5.52 Å². The van der Waals surface area contributed by atoms with Crippen molar-refractivity contribution >= 4 is 21.6 Å². The number of nitrogens with zero attached hydrogens (tertiary/aromatic N) is 4. The highest BCUT2D eigenvalue weighted by Gasteiger charge is 2.11. The number of ether oxygens (including phenoxy) is 1. The van der Waals surface area contributed by atoms with E-state index in [4.69, 9.17) is 4.74 Å². The Labute approximate surface area is 108 Å². The maximum atomic E-state index is 5.15. The summed E-state index contributed by atoms with van der Waals surface area (Å²) in [6.07, 6.45) is 3.50. The number of aryl methyl sites for hydroxylation is 1.